The fourth-order valence-corrected chi connectivity index (χ4v) is 4.13. The monoisotopic (exact) mass is 307 g/mol. The Balaban J connectivity index is 2.44. The first kappa shape index (κ1) is 15.0. The zero-order chi connectivity index (χ0) is 15.0. The molecule has 4 nitrogen and oxygen atoms in total. The van der Waals surface area contributed by atoms with Crippen LogP contribution in [0.15, 0.2) is 18.5 Å². The largest absolute Gasteiger partial charge is 0.417 e. The topological polar surface area (TPSA) is 64.1 Å². The molecule has 1 saturated heterocycles. The van der Waals surface area contributed by atoms with Crippen molar-refractivity contribution in [3.05, 3.63) is 29.6 Å². The molecule has 1 aliphatic rings. The summed E-state index contributed by atoms with van der Waals surface area (Å²) in [4.78, 5) is 15.7. The molecule has 0 spiro atoms. The Morgan fingerprint density at radius 2 is 2.00 bits per heavy atom. The van der Waals surface area contributed by atoms with Crippen molar-refractivity contribution in [2.24, 2.45) is 0 Å². The molecule has 0 amide bonds. The number of alkyl halides is 3. The Morgan fingerprint density at radius 3 is 2.60 bits per heavy atom. The van der Waals surface area contributed by atoms with Crippen LogP contribution in [0.1, 0.15) is 35.2 Å². The molecular weight excluding hydrogens is 295 g/mol. The molecule has 2 heterocycles. The highest BCUT2D eigenvalue weighted by molar-refractivity contribution is 7.92. The summed E-state index contributed by atoms with van der Waals surface area (Å²) < 4.78 is 62.2. The molecule has 1 fully saturated rings. The van der Waals surface area contributed by atoms with Gasteiger partial charge in [0.25, 0.3) is 0 Å². The number of Topliss-reactive ketones (excluding diaryl/α,β-unsaturated/α-hetero) is 1. The lowest BCUT2D eigenvalue weighted by atomic mass is 10.0. The first-order valence-electron chi connectivity index (χ1n) is 6.00. The van der Waals surface area contributed by atoms with E-state index in [9.17, 15) is 26.4 Å². The summed E-state index contributed by atoms with van der Waals surface area (Å²) in [6, 6.07) is 0.683. The van der Waals surface area contributed by atoms with Gasteiger partial charge in [0.05, 0.1) is 11.3 Å². The number of rotatable bonds is 2. The second kappa shape index (κ2) is 5.16. The van der Waals surface area contributed by atoms with Gasteiger partial charge in [-0.2, -0.15) is 13.2 Å². The molecule has 0 radical (unpaired) electrons. The van der Waals surface area contributed by atoms with Crippen LogP contribution in [0.3, 0.4) is 0 Å². The molecule has 1 aromatic heterocycles. The number of pyridine rings is 1. The van der Waals surface area contributed by atoms with E-state index in [-0.39, 0.29) is 12.2 Å². The van der Waals surface area contributed by atoms with Crippen LogP contribution < -0.4 is 0 Å². The van der Waals surface area contributed by atoms with Gasteiger partial charge < -0.3 is 0 Å². The van der Waals surface area contributed by atoms with Gasteiger partial charge in [-0.3, -0.25) is 9.78 Å². The maximum Gasteiger partial charge on any atom is 0.417 e. The average molecular weight is 307 g/mol. The highest BCUT2D eigenvalue weighted by Gasteiger charge is 2.40. The predicted octanol–water partition coefficient (Wildman–Crippen LogP) is 2.25. The molecule has 1 atom stereocenters. The van der Waals surface area contributed by atoms with Gasteiger partial charge in [0, 0.05) is 18.0 Å². The minimum atomic E-state index is -4.72. The average Bonchev–Trinajstić information content (AvgIpc) is 2.36. The van der Waals surface area contributed by atoms with Crippen LogP contribution in [0.25, 0.3) is 0 Å². The lowest BCUT2D eigenvalue weighted by Crippen LogP contribution is -2.36. The van der Waals surface area contributed by atoms with Gasteiger partial charge in [0.1, 0.15) is 5.25 Å². The van der Waals surface area contributed by atoms with Gasteiger partial charge in [-0.05, 0) is 18.9 Å². The molecule has 0 aromatic carbocycles. The zero-order valence-electron chi connectivity index (χ0n) is 10.4. The molecule has 0 N–H and O–H groups in total. The van der Waals surface area contributed by atoms with E-state index in [0.29, 0.717) is 18.9 Å². The van der Waals surface area contributed by atoms with Crippen molar-refractivity contribution in [3.8, 4) is 0 Å². The van der Waals surface area contributed by atoms with Crippen LogP contribution in [0.2, 0.25) is 0 Å². The normalized spacial score (nSPS) is 22.4. The summed E-state index contributed by atoms with van der Waals surface area (Å²) in [6.07, 6.45) is -1.99. The number of sulfone groups is 1. The van der Waals surface area contributed by atoms with Gasteiger partial charge >= 0.3 is 6.18 Å². The minimum absolute atomic E-state index is 0.0629. The molecular formula is C12H12F3NO3S. The molecule has 20 heavy (non-hydrogen) atoms. The second-order valence-electron chi connectivity index (χ2n) is 4.63. The molecule has 1 aromatic rings. The fraction of sp³-hybridized carbons (Fsp3) is 0.500. The Kier molecular flexibility index (Phi) is 3.86. The van der Waals surface area contributed by atoms with Crippen LogP contribution in [0.4, 0.5) is 13.2 Å². The number of hydrogen-bond donors (Lipinski definition) is 0. The molecule has 0 bridgehead atoms. The van der Waals surface area contributed by atoms with Crippen molar-refractivity contribution in [2.75, 3.05) is 5.75 Å². The molecule has 8 heteroatoms. The zero-order valence-corrected chi connectivity index (χ0v) is 11.2. The van der Waals surface area contributed by atoms with Crippen molar-refractivity contribution in [3.63, 3.8) is 0 Å². The van der Waals surface area contributed by atoms with E-state index in [0.717, 1.165) is 12.4 Å². The second-order valence-corrected chi connectivity index (χ2v) is 6.94. The van der Waals surface area contributed by atoms with Crippen LogP contribution in [-0.2, 0) is 16.0 Å². The number of halogens is 3. The summed E-state index contributed by atoms with van der Waals surface area (Å²) in [7, 11) is -3.68. The number of aromatic nitrogens is 1. The third-order valence-electron chi connectivity index (χ3n) is 3.26. The number of nitrogens with zero attached hydrogens (tertiary/aromatic N) is 1. The van der Waals surface area contributed by atoms with Crippen molar-refractivity contribution in [2.45, 2.75) is 30.7 Å². The van der Waals surface area contributed by atoms with Gasteiger partial charge in [-0.15, -0.1) is 0 Å². The smallest absolute Gasteiger partial charge is 0.293 e. The third kappa shape index (κ3) is 2.84. The van der Waals surface area contributed by atoms with Crippen molar-refractivity contribution < 1.29 is 26.4 Å². The first-order chi connectivity index (χ1) is 9.23. The van der Waals surface area contributed by atoms with Crippen molar-refractivity contribution >= 4 is 15.6 Å². The summed E-state index contributed by atoms with van der Waals surface area (Å²) in [5, 5.41) is -1.39. The summed E-state index contributed by atoms with van der Waals surface area (Å²) in [6.45, 7) is 0. The van der Waals surface area contributed by atoms with Crippen LogP contribution in [0, 0.1) is 0 Å². The van der Waals surface area contributed by atoms with Gasteiger partial charge in [0.15, 0.2) is 15.6 Å². The molecule has 2 rings (SSSR count). The lowest BCUT2D eigenvalue weighted by molar-refractivity contribution is -0.138. The Labute approximate surface area is 113 Å². The number of carbonyl (C=O) groups is 1. The van der Waals surface area contributed by atoms with E-state index < -0.39 is 38.2 Å². The molecule has 1 aliphatic heterocycles. The summed E-state index contributed by atoms with van der Waals surface area (Å²) in [5.74, 6) is -1.17. The highest BCUT2D eigenvalue weighted by Crippen LogP contribution is 2.33. The number of hydrogen-bond acceptors (Lipinski definition) is 4. The van der Waals surface area contributed by atoms with E-state index >= 15 is 0 Å². The van der Waals surface area contributed by atoms with E-state index in [4.69, 9.17) is 0 Å². The Bertz CT molecular complexity index is 625. The standard InChI is InChI=1S/C12H12F3NO3S/c13-12(14,15)9-4-5-16-7-8(9)11(17)10-3-1-2-6-20(10,18)19/h4-5,7,10H,1-3,6H2. The maximum atomic E-state index is 12.8. The van der Waals surface area contributed by atoms with Crippen molar-refractivity contribution in [1.29, 1.82) is 0 Å². The van der Waals surface area contributed by atoms with E-state index in [1.165, 1.54) is 0 Å². The molecule has 1 unspecified atom stereocenters. The summed E-state index contributed by atoms with van der Waals surface area (Å²) in [5.41, 5.74) is -1.81. The van der Waals surface area contributed by atoms with Crippen molar-refractivity contribution in [1.82, 2.24) is 4.98 Å². The van der Waals surface area contributed by atoms with Gasteiger partial charge in [-0.25, -0.2) is 8.42 Å². The van der Waals surface area contributed by atoms with E-state index in [1.807, 2.05) is 0 Å². The van der Waals surface area contributed by atoms with Gasteiger partial charge in [0.2, 0.25) is 0 Å². The maximum absolute atomic E-state index is 12.8. The van der Waals surface area contributed by atoms with Crippen LogP contribution >= 0.6 is 0 Å². The van der Waals surface area contributed by atoms with Gasteiger partial charge in [-0.1, -0.05) is 6.42 Å². The van der Waals surface area contributed by atoms with E-state index in [1.54, 1.807) is 0 Å². The summed E-state index contributed by atoms with van der Waals surface area (Å²) >= 11 is 0. The highest BCUT2D eigenvalue weighted by atomic mass is 32.2. The molecule has 0 aliphatic carbocycles. The minimum Gasteiger partial charge on any atom is -0.293 e. The molecule has 0 saturated carbocycles. The number of ketones is 1. The number of carbonyl (C=O) groups excluding carboxylic acids is 1. The third-order valence-corrected chi connectivity index (χ3v) is 5.44. The molecule has 110 valence electrons. The van der Waals surface area contributed by atoms with E-state index in [2.05, 4.69) is 4.98 Å². The quantitative estimate of drug-likeness (QED) is 0.786. The van der Waals surface area contributed by atoms with Crippen LogP contribution in [-0.4, -0.2) is 30.2 Å². The first-order valence-corrected chi connectivity index (χ1v) is 7.72. The SMILES string of the molecule is O=C(c1cnccc1C(F)(F)F)C1CCCCS1(=O)=O. The fourth-order valence-electron chi connectivity index (χ4n) is 2.26. The Morgan fingerprint density at radius 1 is 1.30 bits per heavy atom. The van der Waals surface area contributed by atoms with Crippen LogP contribution in [0.5, 0.6) is 0 Å². The predicted molar refractivity (Wildman–Crippen MR) is 65.0 cm³/mol. The lowest BCUT2D eigenvalue weighted by Gasteiger charge is -2.22. The Hall–Kier alpha value is -1.44.